The number of ether oxygens (including phenoxy) is 1. The molecule has 0 atom stereocenters. The molecule has 1 aromatic heterocycles. The summed E-state index contributed by atoms with van der Waals surface area (Å²) in [5.74, 6) is -0.916. The Bertz CT molecular complexity index is 487. The molecule has 2 heterocycles. The SMILES string of the molecule is O=C(O)CCOC1CCN(c2nnc(C(F)(F)F)s2)CC1. The Morgan fingerprint density at radius 2 is 2.05 bits per heavy atom. The molecule has 1 saturated heterocycles. The third kappa shape index (κ3) is 4.53. The van der Waals surface area contributed by atoms with Crippen molar-refractivity contribution >= 4 is 22.4 Å². The number of hydrogen-bond donors (Lipinski definition) is 1. The lowest BCUT2D eigenvalue weighted by molar-refractivity contribution is -0.139. The number of rotatable bonds is 5. The van der Waals surface area contributed by atoms with Crippen molar-refractivity contribution in [3.8, 4) is 0 Å². The summed E-state index contributed by atoms with van der Waals surface area (Å²) < 4.78 is 42.8. The third-order valence-electron chi connectivity index (χ3n) is 3.04. The van der Waals surface area contributed by atoms with E-state index in [1.807, 2.05) is 0 Å². The highest BCUT2D eigenvalue weighted by Crippen LogP contribution is 2.35. The third-order valence-corrected chi connectivity index (χ3v) is 4.07. The molecule has 0 spiro atoms. The summed E-state index contributed by atoms with van der Waals surface area (Å²) in [5.41, 5.74) is 0. The summed E-state index contributed by atoms with van der Waals surface area (Å²) in [6.07, 6.45) is -3.32. The van der Waals surface area contributed by atoms with E-state index >= 15 is 0 Å². The molecule has 0 unspecified atom stereocenters. The highest BCUT2D eigenvalue weighted by Gasteiger charge is 2.36. The molecule has 0 bridgehead atoms. The zero-order chi connectivity index (χ0) is 15.5. The molecule has 1 N–H and O–H groups in total. The lowest BCUT2D eigenvalue weighted by atomic mass is 10.1. The van der Waals surface area contributed by atoms with Crippen LogP contribution in [0.3, 0.4) is 0 Å². The molecule has 10 heteroatoms. The molecule has 1 aliphatic heterocycles. The van der Waals surface area contributed by atoms with Gasteiger partial charge in [0.05, 0.1) is 19.1 Å². The van der Waals surface area contributed by atoms with Crippen LogP contribution in [0, 0.1) is 0 Å². The number of anilines is 1. The summed E-state index contributed by atoms with van der Waals surface area (Å²) in [6.45, 7) is 1.19. The summed E-state index contributed by atoms with van der Waals surface area (Å²) in [7, 11) is 0. The largest absolute Gasteiger partial charge is 0.481 e. The van der Waals surface area contributed by atoms with Crippen LogP contribution in [0.25, 0.3) is 0 Å². The molecule has 118 valence electrons. The quantitative estimate of drug-likeness (QED) is 0.892. The van der Waals surface area contributed by atoms with Crippen LogP contribution in [0.1, 0.15) is 24.3 Å². The van der Waals surface area contributed by atoms with Crippen molar-refractivity contribution in [3.05, 3.63) is 5.01 Å². The van der Waals surface area contributed by atoms with E-state index in [9.17, 15) is 18.0 Å². The molecule has 0 aromatic carbocycles. The predicted octanol–water partition coefficient (Wildman–Crippen LogP) is 2.02. The summed E-state index contributed by atoms with van der Waals surface area (Å²) in [6, 6.07) is 0. The van der Waals surface area contributed by atoms with Gasteiger partial charge in [-0.3, -0.25) is 4.79 Å². The lowest BCUT2D eigenvalue weighted by Crippen LogP contribution is -2.37. The Morgan fingerprint density at radius 1 is 1.38 bits per heavy atom. The van der Waals surface area contributed by atoms with Gasteiger partial charge < -0.3 is 14.7 Å². The van der Waals surface area contributed by atoms with Gasteiger partial charge in [0.2, 0.25) is 10.1 Å². The maximum Gasteiger partial charge on any atom is 0.445 e. The van der Waals surface area contributed by atoms with E-state index in [2.05, 4.69) is 10.2 Å². The Labute approximate surface area is 122 Å². The van der Waals surface area contributed by atoms with E-state index in [1.165, 1.54) is 0 Å². The molecule has 0 radical (unpaired) electrons. The lowest BCUT2D eigenvalue weighted by Gasteiger charge is -2.31. The van der Waals surface area contributed by atoms with E-state index < -0.39 is 17.2 Å². The van der Waals surface area contributed by atoms with E-state index in [1.54, 1.807) is 4.90 Å². The second kappa shape index (κ2) is 6.56. The topological polar surface area (TPSA) is 75.6 Å². The number of aliphatic carboxylic acids is 1. The molecule has 1 fully saturated rings. The van der Waals surface area contributed by atoms with Crippen molar-refractivity contribution in [2.45, 2.75) is 31.5 Å². The Morgan fingerprint density at radius 3 is 2.57 bits per heavy atom. The number of alkyl halides is 3. The van der Waals surface area contributed by atoms with Gasteiger partial charge in [-0.1, -0.05) is 11.3 Å². The first-order chi connectivity index (χ1) is 9.86. The number of piperidine rings is 1. The Kier molecular flexibility index (Phi) is 4.99. The minimum atomic E-state index is -4.46. The first-order valence-electron chi connectivity index (χ1n) is 6.35. The van der Waals surface area contributed by atoms with E-state index in [0.717, 1.165) is 0 Å². The monoisotopic (exact) mass is 325 g/mol. The second-order valence-electron chi connectivity index (χ2n) is 4.59. The highest BCUT2D eigenvalue weighted by molar-refractivity contribution is 7.15. The van der Waals surface area contributed by atoms with Crippen LogP contribution in [0.2, 0.25) is 0 Å². The molecule has 1 aromatic rings. The van der Waals surface area contributed by atoms with Gasteiger partial charge in [0.15, 0.2) is 0 Å². The average Bonchev–Trinajstić information content (AvgIpc) is 2.88. The van der Waals surface area contributed by atoms with Crippen LogP contribution < -0.4 is 4.90 Å². The molecule has 6 nitrogen and oxygen atoms in total. The van der Waals surface area contributed by atoms with Crippen molar-refractivity contribution in [1.82, 2.24) is 10.2 Å². The van der Waals surface area contributed by atoms with E-state index in [4.69, 9.17) is 9.84 Å². The number of nitrogens with zero attached hydrogens (tertiary/aromatic N) is 3. The van der Waals surface area contributed by atoms with Gasteiger partial charge in [0.1, 0.15) is 0 Å². The number of aromatic nitrogens is 2. The smallest absolute Gasteiger partial charge is 0.445 e. The molecule has 0 aliphatic carbocycles. The van der Waals surface area contributed by atoms with Gasteiger partial charge in [-0.25, -0.2) is 0 Å². The standard InChI is InChI=1S/C11H14F3N3O3S/c12-11(13,14)9-15-16-10(21-9)17-4-1-7(2-5-17)20-6-3-8(18)19/h7H,1-6H2,(H,18,19). The van der Waals surface area contributed by atoms with Crippen molar-refractivity contribution in [3.63, 3.8) is 0 Å². The molecular weight excluding hydrogens is 311 g/mol. The number of carboxylic acids is 1. The predicted molar refractivity (Wildman–Crippen MR) is 68.4 cm³/mol. The van der Waals surface area contributed by atoms with Gasteiger partial charge in [0.25, 0.3) is 0 Å². The van der Waals surface area contributed by atoms with Gasteiger partial charge in [-0.05, 0) is 12.8 Å². The van der Waals surface area contributed by atoms with Crippen LogP contribution in [-0.2, 0) is 15.7 Å². The normalized spacial score (nSPS) is 17.2. The van der Waals surface area contributed by atoms with Crippen LogP contribution in [0.5, 0.6) is 0 Å². The first kappa shape index (κ1) is 16.0. The maximum absolute atomic E-state index is 12.5. The van der Waals surface area contributed by atoms with Gasteiger partial charge in [-0.2, -0.15) is 13.2 Å². The fraction of sp³-hybridized carbons (Fsp3) is 0.727. The van der Waals surface area contributed by atoms with Gasteiger partial charge >= 0.3 is 12.1 Å². The Balaban J connectivity index is 1.81. The van der Waals surface area contributed by atoms with Crippen LogP contribution in [0.4, 0.5) is 18.3 Å². The summed E-state index contributed by atoms with van der Waals surface area (Å²) in [4.78, 5) is 12.1. The average molecular weight is 325 g/mol. The zero-order valence-corrected chi connectivity index (χ0v) is 11.8. The van der Waals surface area contributed by atoms with Gasteiger partial charge in [0, 0.05) is 13.1 Å². The summed E-state index contributed by atoms with van der Waals surface area (Å²) >= 11 is 0.530. The van der Waals surface area contributed by atoms with E-state index in [0.29, 0.717) is 37.3 Å². The highest BCUT2D eigenvalue weighted by atomic mass is 32.1. The fourth-order valence-electron chi connectivity index (χ4n) is 1.98. The number of halogens is 3. The van der Waals surface area contributed by atoms with Gasteiger partial charge in [-0.15, -0.1) is 10.2 Å². The van der Waals surface area contributed by atoms with Crippen molar-refractivity contribution in [1.29, 1.82) is 0 Å². The molecule has 21 heavy (non-hydrogen) atoms. The maximum atomic E-state index is 12.5. The fourth-order valence-corrected chi connectivity index (χ4v) is 2.75. The molecule has 1 aliphatic rings. The van der Waals surface area contributed by atoms with Crippen molar-refractivity contribution in [2.24, 2.45) is 0 Å². The number of carboxylic acid groups (broad SMARTS) is 1. The molecular formula is C11H14F3N3O3S. The van der Waals surface area contributed by atoms with Crippen LogP contribution >= 0.6 is 11.3 Å². The number of carbonyl (C=O) groups is 1. The first-order valence-corrected chi connectivity index (χ1v) is 7.17. The molecule has 0 saturated carbocycles. The van der Waals surface area contributed by atoms with E-state index in [-0.39, 0.29) is 24.3 Å². The molecule has 0 amide bonds. The van der Waals surface area contributed by atoms with Crippen molar-refractivity contribution in [2.75, 3.05) is 24.6 Å². The Hall–Kier alpha value is -1.42. The van der Waals surface area contributed by atoms with Crippen LogP contribution in [0.15, 0.2) is 0 Å². The van der Waals surface area contributed by atoms with Crippen LogP contribution in [-0.4, -0.2) is 47.1 Å². The second-order valence-corrected chi connectivity index (χ2v) is 5.54. The minimum absolute atomic E-state index is 0.0500. The zero-order valence-electron chi connectivity index (χ0n) is 11.0. The summed E-state index contributed by atoms with van der Waals surface area (Å²) in [5, 5.41) is 14.5. The molecule has 2 rings (SSSR count). The minimum Gasteiger partial charge on any atom is -0.481 e. The number of hydrogen-bond acceptors (Lipinski definition) is 6. The van der Waals surface area contributed by atoms with Crippen molar-refractivity contribution < 1.29 is 27.8 Å².